The van der Waals surface area contributed by atoms with Crippen molar-refractivity contribution in [2.24, 2.45) is 0 Å². The minimum absolute atomic E-state index is 0.803. The fraction of sp³-hybridized carbons (Fsp3) is 0.125. The molecule has 18 heavy (non-hydrogen) atoms. The number of hydrogen-bond acceptors (Lipinski definition) is 2. The van der Waals surface area contributed by atoms with Crippen molar-refractivity contribution in [3.63, 3.8) is 0 Å². The summed E-state index contributed by atoms with van der Waals surface area (Å²) in [7, 11) is 0. The molecule has 0 saturated carbocycles. The Labute approximate surface area is 107 Å². The van der Waals surface area contributed by atoms with E-state index >= 15 is 0 Å². The van der Waals surface area contributed by atoms with E-state index in [2.05, 4.69) is 30.8 Å². The predicted octanol–water partition coefficient (Wildman–Crippen LogP) is 4.39. The van der Waals surface area contributed by atoms with Crippen LogP contribution in [0.2, 0.25) is 0 Å². The van der Waals surface area contributed by atoms with Gasteiger partial charge in [-0.3, -0.25) is 0 Å². The van der Waals surface area contributed by atoms with Crippen LogP contribution in [0, 0.1) is 0 Å². The molecule has 0 atom stereocenters. The van der Waals surface area contributed by atoms with E-state index in [1.807, 2.05) is 24.3 Å². The van der Waals surface area contributed by atoms with Crippen LogP contribution in [0.25, 0.3) is 23.3 Å². The largest absolute Gasteiger partial charge is 0.455 e. The molecule has 0 aliphatic heterocycles. The molecule has 0 N–H and O–H groups in total. The minimum Gasteiger partial charge on any atom is -0.455 e. The highest BCUT2D eigenvalue weighted by molar-refractivity contribution is 5.81. The fourth-order valence-corrected chi connectivity index (χ4v) is 1.87. The Hall–Kier alpha value is -2.31. The highest BCUT2D eigenvalue weighted by atomic mass is 16.3. The van der Waals surface area contributed by atoms with Crippen LogP contribution in [0.4, 0.5) is 0 Å². The van der Waals surface area contributed by atoms with Crippen LogP contribution in [0.1, 0.15) is 23.9 Å². The lowest BCUT2D eigenvalue weighted by atomic mass is 10.1. The van der Waals surface area contributed by atoms with Crippen LogP contribution in [0.15, 0.2) is 47.6 Å². The molecule has 0 saturated heterocycles. The quantitative estimate of drug-likeness (QED) is 0.582. The normalized spacial score (nSPS) is 10.7. The maximum absolute atomic E-state index is 5.78. The van der Waals surface area contributed by atoms with E-state index in [-0.39, 0.29) is 0 Å². The van der Waals surface area contributed by atoms with Crippen molar-refractivity contribution in [2.75, 3.05) is 0 Å². The van der Waals surface area contributed by atoms with E-state index < -0.39 is 0 Å². The first-order valence-corrected chi connectivity index (χ1v) is 5.87. The van der Waals surface area contributed by atoms with E-state index in [9.17, 15) is 0 Å². The van der Waals surface area contributed by atoms with Crippen molar-refractivity contribution in [2.45, 2.75) is 13.3 Å². The van der Waals surface area contributed by atoms with E-state index in [0.717, 1.165) is 34.5 Å². The molecule has 0 fully saturated rings. The molecule has 2 nitrogen and oxygen atoms in total. The summed E-state index contributed by atoms with van der Waals surface area (Å²) >= 11 is 0. The lowest BCUT2D eigenvalue weighted by molar-refractivity contribution is 0.599. The van der Waals surface area contributed by atoms with E-state index in [4.69, 9.17) is 4.42 Å². The summed E-state index contributed by atoms with van der Waals surface area (Å²) < 4.78 is 5.78. The molecule has 0 spiro atoms. The van der Waals surface area contributed by atoms with Crippen molar-refractivity contribution in [1.29, 1.82) is 0 Å². The molecule has 0 bridgehead atoms. The first-order chi connectivity index (χ1) is 8.80. The molecule has 0 aromatic carbocycles. The summed E-state index contributed by atoms with van der Waals surface area (Å²) in [6.45, 7) is 9.31. The van der Waals surface area contributed by atoms with Gasteiger partial charge in [0.15, 0.2) is 5.58 Å². The van der Waals surface area contributed by atoms with Gasteiger partial charge in [-0.25, -0.2) is 4.98 Å². The van der Waals surface area contributed by atoms with Crippen LogP contribution in [-0.4, -0.2) is 4.98 Å². The van der Waals surface area contributed by atoms with Gasteiger partial charge in [-0.2, -0.15) is 0 Å². The van der Waals surface area contributed by atoms with Gasteiger partial charge >= 0.3 is 0 Å². The Balaban J connectivity index is 2.65. The highest BCUT2D eigenvalue weighted by Crippen LogP contribution is 2.26. The Bertz CT molecular complexity index is 655. The Morgan fingerprint density at radius 2 is 2.28 bits per heavy atom. The zero-order valence-corrected chi connectivity index (χ0v) is 10.4. The number of fused-ring (bicyclic) bond motifs is 1. The van der Waals surface area contributed by atoms with Crippen molar-refractivity contribution in [3.05, 3.63) is 60.2 Å². The average Bonchev–Trinajstić information content (AvgIpc) is 2.73. The molecule has 2 heteroatoms. The molecule has 2 heterocycles. The fourth-order valence-electron chi connectivity index (χ4n) is 1.87. The maximum Gasteiger partial charge on any atom is 0.153 e. The summed E-state index contributed by atoms with van der Waals surface area (Å²) in [6.07, 6.45) is 8.13. The predicted molar refractivity (Wildman–Crippen MR) is 76.2 cm³/mol. The summed E-state index contributed by atoms with van der Waals surface area (Å²) in [5.41, 5.74) is 6.40. The van der Waals surface area contributed by atoms with E-state index in [1.54, 1.807) is 12.2 Å². The van der Waals surface area contributed by atoms with Crippen molar-refractivity contribution in [1.82, 2.24) is 4.98 Å². The molecule has 0 amide bonds. The highest BCUT2D eigenvalue weighted by Gasteiger charge is 2.11. The second-order valence-corrected chi connectivity index (χ2v) is 3.82. The van der Waals surface area contributed by atoms with Gasteiger partial charge in [0, 0.05) is 11.6 Å². The van der Waals surface area contributed by atoms with Crippen molar-refractivity contribution in [3.8, 4) is 0 Å². The third-order valence-electron chi connectivity index (χ3n) is 2.67. The monoisotopic (exact) mass is 237 g/mol. The first-order valence-electron chi connectivity index (χ1n) is 5.87. The molecule has 0 aliphatic rings. The minimum atomic E-state index is 0.803. The van der Waals surface area contributed by atoms with Crippen LogP contribution in [0.3, 0.4) is 0 Å². The summed E-state index contributed by atoms with van der Waals surface area (Å²) in [4.78, 5) is 4.55. The van der Waals surface area contributed by atoms with Crippen LogP contribution in [-0.2, 0) is 6.42 Å². The van der Waals surface area contributed by atoms with Gasteiger partial charge in [-0.1, -0.05) is 32.2 Å². The molecular weight excluding hydrogens is 222 g/mol. The molecule has 0 unspecified atom stereocenters. The SMILES string of the molecule is C=C=Cc1ccc2oc(/C=C\C=C)c(CC)c2n1. The first kappa shape index (κ1) is 12.2. The molecule has 2 aromatic heterocycles. The Morgan fingerprint density at radius 1 is 1.44 bits per heavy atom. The molecule has 90 valence electrons. The van der Waals surface area contributed by atoms with Gasteiger partial charge in [0.05, 0.1) is 5.69 Å². The topological polar surface area (TPSA) is 26.0 Å². The number of allylic oxidation sites excluding steroid dienone is 2. The number of hydrogen-bond donors (Lipinski definition) is 0. The maximum atomic E-state index is 5.78. The zero-order valence-electron chi connectivity index (χ0n) is 10.4. The van der Waals surface area contributed by atoms with Gasteiger partial charge in [-0.05, 0) is 24.6 Å². The number of rotatable bonds is 4. The van der Waals surface area contributed by atoms with Gasteiger partial charge in [0.2, 0.25) is 0 Å². The Kier molecular flexibility index (Phi) is 3.61. The second-order valence-electron chi connectivity index (χ2n) is 3.82. The molecule has 2 aromatic rings. The molecule has 0 aliphatic carbocycles. The Morgan fingerprint density at radius 3 is 2.94 bits per heavy atom. The van der Waals surface area contributed by atoms with Crippen molar-refractivity contribution < 1.29 is 4.42 Å². The number of nitrogens with zero attached hydrogens (tertiary/aromatic N) is 1. The second kappa shape index (κ2) is 5.35. The van der Waals surface area contributed by atoms with Gasteiger partial charge in [-0.15, -0.1) is 5.73 Å². The standard InChI is InChI=1S/C16H15NO/c1-4-7-9-14-13(6-3)16-15(18-14)11-10-12(17-16)8-5-2/h4,7-11H,1-2,6H2,3H3/b9-7-. The molecular formula is C16H15NO. The van der Waals surface area contributed by atoms with E-state index in [0.29, 0.717) is 0 Å². The summed E-state index contributed by atoms with van der Waals surface area (Å²) in [5, 5.41) is 0. The number of furan rings is 1. The zero-order chi connectivity index (χ0) is 13.0. The lowest BCUT2D eigenvalue weighted by Gasteiger charge is -1.94. The van der Waals surface area contributed by atoms with Crippen LogP contribution in [0.5, 0.6) is 0 Å². The van der Waals surface area contributed by atoms with Gasteiger partial charge < -0.3 is 4.42 Å². The third kappa shape index (κ3) is 2.20. The lowest BCUT2D eigenvalue weighted by Crippen LogP contribution is -1.85. The van der Waals surface area contributed by atoms with Crippen LogP contribution >= 0.6 is 0 Å². The third-order valence-corrected chi connectivity index (χ3v) is 2.67. The van der Waals surface area contributed by atoms with Gasteiger partial charge in [0.1, 0.15) is 11.3 Å². The summed E-state index contributed by atoms with van der Waals surface area (Å²) in [5.74, 6) is 0.847. The van der Waals surface area contributed by atoms with Crippen molar-refractivity contribution >= 4 is 23.3 Å². The van der Waals surface area contributed by atoms with E-state index in [1.165, 1.54) is 0 Å². The van der Waals surface area contributed by atoms with Crippen LogP contribution < -0.4 is 0 Å². The molecule has 0 radical (unpaired) electrons. The average molecular weight is 237 g/mol. The number of aryl methyl sites for hydroxylation is 1. The number of aromatic nitrogens is 1. The van der Waals surface area contributed by atoms with Gasteiger partial charge in [0.25, 0.3) is 0 Å². The summed E-state index contributed by atoms with van der Waals surface area (Å²) in [6, 6.07) is 3.82. The smallest absolute Gasteiger partial charge is 0.153 e. The molecule has 2 rings (SSSR count). The number of pyridine rings is 1.